The number of nitrogens with two attached hydrogens (primary N) is 1. The number of thiazole rings is 1. The number of Topliss-reactive ketones (excluding diaryl/α,β-unsaturated/α-hetero) is 1. The van der Waals surface area contributed by atoms with E-state index < -0.39 is 12.1 Å². The molecule has 1 aromatic heterocycles. The first-order valence-corrected chi connectivity index (χ1v) is 15.1. The van der Waals surface area contributed by atoms with Gasteiger partial charge in [0.1, 0.15) is 0 Å². The lowest BCUT2D eigenvalue weighted by atomic mass is 9.71. The summed E-state index contributed by atoms with van der Waals surface area (Å²) in [5.74, 6) is 0.0567. The maximum Gasteiger partial charge on any atom is 0.244 e. The van der Waals surface area contributed by atoms with E-state index in [9.17, 15) is 14.4 Å². The maximum absolute atomic E-state index is 13.8. The molecule has 3 heterocycles. The topological polar surface area (TPSA) is 153 Å². The van der Waals surface area contributed by atoms with Crippen molar-refractivity contribution < 1.29 is 14.4 Å². The number of hydrogen-bond acceptors (Lipinski definition) is 8. The Hall–Kier alpha value is -2.89. The number of ketones is 1. The quantitative estimate of drug-likeness (QED) is 0.104. The van der Waals surface area contributed by atoms with E-state index in [2.05, 4.69) is 20.9 Å². The zero-order valence-electron chi connectivity index (χ0n) is 22.3. The van der Waals surface area contributed by atoms with Crippen LogP contribution in [-0.2, 0) is 9.59 Å². The second-order valence-electron chi connectivity index (χ2n) is 11.0. The molecule has 6 N–H and O–H groups in total. The van der Waals surface area contributed by atoms with Crippen LogP contribution in [0.15, 0.2) is 24.3 Å². The van der Waals surface area contributed by atoms with Crippen LogP contribution in [0.5, 0.6) is 0 Å². The Bertz CT molecular complexity index is 1180. The van der Waals surface area contributed by atoms with Crippen LogP contribution in [0.25, 0.3) is 10.2 Å². The predicted octanol–water partition coefficient (Wildman–Crippen LogP) is 2.39. The highest BCUT2D eigenvalue weighted by Gasteiger charge is 2.42. The van der Waals surface area contributed by atoms with Gasteiger partial charge in [0.15, 0.2) is 11.0 Å². The number of rotatable bonds is 9. The summed E-state index contributed by atoms with van der Waals surface area (Å²) in [6.45, 7) is 1.86. The molecule has 10 nitrogen and oxygen atoms in total. The molecule has 3 fully saturated rings. The van der Waals surface area contributed by atoms with Gasteiger partial charge in [-0.15, -0.1) is 11.3 Å². The number of nitrogens with one attached hydrogen (secondary N) is 4. The normalized spacial score (nSPS) is 26.1. The molecule has 5 rings (SSSR count). The molecular weight excluding hydrogens is 514 g/mol. The standard InChI is InChI=1S/C28H39N7O3S/c29-28(30)32-14-5-10-20(24(36)27-33-19-9-3-4-12-22(19)39-27)35-16-6-11-21(35)25(37)34-26(38)23-18-8-2-1-7-17(18)13-15-31-23/h3-4,9,12,17-18,20-21,23,31H,1-2,5-8,10-11,13-16H2,(H4,29,30,32)(H,34,37,38)/t17-,18-,20+,21+,23?/m1/s1. The Morgan fingerprint density at radius 1 is 1.13 bits per heavy atom. The number of fused-ring (bicyclic) bond motifs is 2. The lowest BCUT2D eigenvalue weighted by Crippen LogP contribution is -2.58. The van der Waals surface area contributed by atoms with Crippen LogP contribution in [0.3, 0.4) is 0 Å². The summed E-state index contributed by atoms with van der Waals surface area (Å²) in [6.07, 6.45) is 8.07. The zero-order chi connectivity index (χ0) is 27.4. The second-order valence-corrected chi connectivity index (χ2v) is 12.1. The third-order valence-electron chi connectivity index (χ3n) is 8.58. The molecule has 0 radical (unpaired) electrons. The summed E-state index contributed by atoms with van der Waals surface area (Å²) < 4.78 is 0.945. The van der Waals surface area contributed by atoms with Gasteiger partial charge in [0, 0.05) is 6.54 Å². The Morgan fingerprint density at radius 2 is 1.95 bits per heavy atom. The molecule has 39 heavy (non-hydrogen) atoms. The molecule has 210 valence electrons. The minimum Gasteiger partial charge on any atom is -0.370 e. The van der Waals surface area contributed by atoms with Crippen molar-refractivity contribution in [2.75, 3.05) is 19.6 Å². The highest BCUT2D eigenvalue weighted by atomic mass is 32.1. The smallest absolute Gasteiger partial charge is 0.244 e. The second kappa shape index (κ2) is 12.5. The molecule has 5 atom stereocenters. The van der Waals surface area contributed by atoms with E-state index in [-0.39, 0.29) is 35.5 Å². The first-order valence-electron chi connectivity index (χ1n) is 14.2. The van der Waals surface area contributed by atoms with E-state index in [1.807, 2.05) is 29.2 Å². The lowest BCUT2D eigenvalue weighted by Gasteiger charge is -2.41. The van der Waals surface area contributed by atoms with Crippen LogP contribution in [0.2, 0.25) is 0 Å². The molecule has 2 amide bonds. The molecule has 2 aromatic rings. The number of nitrogens with zero attached hydrogens (tertiary/aromatic N) is 2. The number of hydrogen-bond donors (Lipinski definition) is 5. The summed E-state index contributed by atoms with van der Waals surface area (Å²) in [4.78, 5) is 47.2. The van der Waals surface area contributed by atoms with Crippen molar-refractivity contribution >= 4 is 45.1 Å². The van der Waals surface area contributed by atoms with Crippen LogP contribution in [0.4, 0.5) is 0 Å². The zero-order valence-corrected chi connectivity index (χ0v) is 23.1. The van der Waals surface area contributed by atoms with Crippen molar-refractivity contribution in [3.05, 3.63) is 29.3 Å². The van der Waals surface area contributed by atoms with Gasteiger partial charge in [0.2, 0.25) is 17.6 Å². The summed E-state index contributed by atoms with van der Waals surface area (Å²) in [7, 11) is 0. The van der Waals surface area contributed by atoms with Gasteiger partial charge in [0.05, 0.1) is 28.3 Å². The Labute approximate surface area is 233 Å². The van der Waals surface area contributed by atoms with E-state index >= 15 is 0 Å². The fourth-order valence-corrected chi connectivity index (χ4v) is 7.66. The van der Waals surface area contributed by atoms with Gasteiger partial charge in [-0.1, -0.05) is 31.4 Å². The summed E-state index contributed by atoms with van der Waals surface area (Å²) >= 11 is 1.37. The SMILES string of the molecule is N=C(N)NCCC[C@@H](C(=O)c1nc2ccccc2s1)N1CCC[C@H]1C(=O)NC(=O)C1NCC[C@H]2CCCC[C@@H]12. The van der Waals surface area contributed by atoms with E-state index in [0.717, 1.165) is 48.9 Å². The van der Waals surface area contributed by atoms with E-state index in [4.69, 9.17) is 11.1 Å². The molecule has 0 spiro atoms. The van der Waals surface area contributed by atoms with Crippen molar-refractivity contribution in [3.8, 4) is 0 Å². The first-order chi connectivity index (χ1) is 18.9. The fourth-order valence-electron chi connectivity index (χ4n) is 6.71. The highest BCUT2D eigenvalue weighted by Crippen LogP contribution is 2.37. The summed E-state index contributed by atoms with van der Waals surface area (Å²) in [5, 5.41) is 16.7. The van der Waals surface area contributed by atoms with Crippen molar-refractivity contribution in [2.24, 2.45) is 17.6 Å². The Morgan fingerprint density at radius 3 is 2.77 bits per heavy atom. The molecule has 2 saturated heterocycles. The number of benzene rings is 1. The van der Waals surface area contributed by atoms with Gasteiger partial charge >= 0.3 is 0 Å². The fraction of sp³-hybridized carbons (Fsp3) is 0.607. The van der Waals surface area contributed by atoms with Crippen LogP contribution < -0.4 is 21.7 Å². The maximum atomic E-state index is 13.8. The van der Waals surface area contributed by atoms with Crippen LogP contribution in [0, 0.1) is 17.2 Å². The molecule has 2 aliphatic heterocycles. The van der Waals surface area contributed by atoms with Gasteiger partial charge in [0.25, 0.3) is 0 Å². The number of imide groups is 1. The molecule has 3 aliphatic rings. The minimum absolute atomic E-state index is 0.107. The van der Waals surface area contributed by atoms with Crippen LogP contribution >= 0.6 is 11.3 Å². The largest absolute Gasteiger partial charge is 0.370 e. The summed E-state index contributed by atoms with van der Waals surface area (Å²) in [6, 6.07) is 6.23. The van der Waals surface area contributed by atoms with Gasteiger partial charge in [-0.05, 0) is 75.6 Å². The molecule has 1 aliphatic carbocycles. The van der Waals surface area contributed by atoms with Crippen molar-refractivity contribution in [1.82, 2.24) is 25.8 Å². The van der Waals surface area contributed by atoms with Crippen molar-refractivity contribution in [1.29, 1.82) is 5.41 Å². The monoisotopic (exact) mass is 553 g/mol. The van der Waals surface area contributed by atoms with Crippen molar-refractivity contribution in [3.63, 3.8) is 0 Å². The number of aromatic nitrogens is 1. The molecule has 11 heteroatoms. The molecule has 0 bridgehead atoms. The number of guanidine groups is 1. The molecule has 1 aromatic carbocycles. The number of carbonyl (C=O) groups is 3. The number of para-hydroxylation sites is 1. The van der Waals surface area contributed by atoms with Crippen LogP contribution in [-0.4, -0.2) is 71.2 Å². The van der Waals surface area contributed by atoms with E-state index in [1.54, 1.807) is 0 Å². The van der Waals surface area contributed by atoms with Crippen molar-refractivity contribution in [2.45, 2.75) is 75.9 Å². The van der Waals surface area contributed by atoms with Gasteiger partial charge in [-0.2, -0.15) is 0 Å². The number of piperidine rings is 1. The average molecular weight is 554 g/mol. The minimum atomic E-state index is -0.553. The molecule has 1 unspecified atom stereocenters. The third kappa shape index (κ3) is 6.31. The Kier molecular flexibility index (Phi) is 8.89. The highest BCUT2D eigenvalue weighted by molar-refractivity contribution is 7.20. The molecular formula is C28H39N7O3S. The van der Waals surface area contributed by atoms with Gasteiger partial charge in [-0.25, -0.2) is 4.98 Å². The number of carbonyl (C=O) groups excluding carboxylic acids is 3. The lowest BCUT2D eigenvalue weighted by molar-refractivity contribution is -0.136. The first kappa shape index (κ1) is 27.7. The third-order valence-corrected chi connectivity index (χ3v) is 9.63. The molecule has 1 saturated carbocycles. The number of amides is 2. The van der Waals surface area contributed by atoms with E-state index in [1.165, 1.54) is 17.8 Å². The number of likely N-dealkylation sites (tertiary alicyclic amines) is 1. The van der Waals surface area contributed by atoms with Crippen LogP contribution in [0.1, 0.15) is 67.6 Å². The summed E-state index contributed by atoms with van der Waals surface area (Å²) in [5.41, 5.74) is 6.21. The van der Waals surface area contributed by atoms with E-state index in [0.29, 0.717) is 43.3 Å². The average Bonchev–Trinajstić information content (AvgIpc) is 3.60. The van der Waals surface area contributed by atoms with Gasteiger partial charge < -0.3 is 16.4 Å². The Balaban J connectivity index is 1.30. The van der Waals surface area contributed by atoms with Gasteiger partial charge in [-0.3, -0.25) is 30.0 Å². The predicted molar refractivity (Wildman–Crippen MR) is 152 cm³/mol.